The number of hydrogen-bond donors (Lipinski definition) is 0. The Morgan fingerprint density at radius 3 is 1.00 bits per heavy atom. The van der Waals surface area contributed by atoms with Crippen molar-refractivity contribution in [2.45, 2.75) is 39.5 Å². The number of rotatable bonds is 0. The van der Waals surface area contributed by atoms with E-state index in [4.69, 9.17) is 0 Å². The summed E-state index contributed by atoms with van der Waals surface area (Å²) in [6, 6.07) is 0. The van der Waals surface area contributed by atoms with E-state index in [9.17, 15) is 0 Å². The molecule has 0 unspecified atom stereocenters. The van der Waals surface area contributed by atoms with Crippen molar-refractivity contribution in [1.29, 1.82) is 0 Å². The molecule has 1 saturated carbocycles. The zero-order valence-corrected chi connectivity index (χ0v) is 5.98. The van der Waals surface area contributed by atoms with Crippen molar-refractivity contribution in [3.8, 4) is 0 Å². The van der Waals surface area contributed by atoms with Gasteiger partial charge in [0.1, 0.15) is 0 Å². The molecule has 0 radical (unpaired) electrons. The lowest BCUT2D eigenvalue weighted by Crippen LogP contribution is -1.85. The van der Waals surface area contributed by atoms with E-state index in [2.05, 4.69) is 0 Å². The predicted molar refractivity (Wildman–Crippen MR) is 39.0 cm³/mol. The Bertz CT molecular complexity index is 41.1. The summed E-state index contributed by atoms with van der Waals surface area (Å²) < 4.78 is 0. The van der Waals surface area contributed by atoms with Gasteiger partial charge in [-0.1, -0.05) is 37.8 Å². The van der Waals surface area contributed by atoms with Crippen LogP contribution < -0.4 is 0 Å². The Morgan fingerprint density at radius 1 is 0.750 bits per heavy atom. The Hall–Kier alpha value is -0.260. The topological polar surface area (TPSA) is 0 Å². The van der Waals surface area contributed by atoms with Crippen LogP contribution in [0.1, 0.15) is 39.5 Å². The standard InChI is InChI=1S/2C4H8/c1-2-4-3-1;1-3-4-2/h1-4H2;3-4H,1-2H3/b;4-3-. The maximum Gasteiger partial charge on any atom is -0.0470 e. The van der Waals surface area contributed by atoms with E-state index in [0.717, 1.165) is 0 Å². The first-order chi connectivity index (χ1) is 3.91. The highest BCUT2D eigenvalue weighted by Gasteiger charge is 1.95. The second-order valence-electron chi connectivity index (χ2n) is 2.08. The van der Waals surface area contributed by atoms with Gasteiger partial charge in [-0.05, 0) is 13.8 Å². The van der Waals surface area contributed by atoms with Crippen LogP contribution in [0.2, 0.25) is 0 Å². The summed E-state index contributed by atoms with van der Waals surface area (Å²) in [4.78, 5) is 0. The molecule has 0 N–H and O–H groups in total. The molecule has 0 nitrogen and oxygen atoms in total. The van der Waals surface area contributed by atoms with Gasteiger partial charge in [0.15, 0.2) is 0 Å². The maximum atomic E-state index is 2.00. The smallest absolute Gasteiger partial charge is 0.0470 e. The van der Waals surface area contributed by atoms with Crippen LogP contribution in [0.15, 0.2) is 12.2 Å². The molecule has 1 aliphatic rings. The molecular weight excluding hydrogens is 96.1 g/mol. The van der Waals surface area contributed by atoms with Crippen molar-refractivity contribution >= 4 is 0 Å². The minimum Gasteiger partial charge on any atom is -0.0919 e. The van der Waals surface area contributed by atoms with Gasteiger partial charge in [-0.15, -0.1) is 0 Å². The first-order valence-electron chi connectivity index (χ1n) is 3.49. The lowest BCUT2D eigenvalue weighted by atomic mass is 10.0. The van der Waals surface area contributed by atoms with Crippen molar-refractivity contribution in [2.24, 2.45) is 0 Å². The Kier molecular flexibility index (Phi) is 6.52. The van der Waals surface area contributed by atoms with Gasteiger partial charge in [-0.3, -0.25) is 0 Å². The average molecular weight is 112 g/mol. The Morgan fingerprint density at radius 2 is 1.00 bits per heavy atom. The van der Waals surface area contributed by atoms with Crippen LogP contribution in [0.5, 0.6) is 0 Å². The highest BCUT2D eigenvalue weighted by Crippen LogP contribution is 2.15. The predicted octanol–water partition coefficient (Wildman–Crippen LogP) is 3.14. The molecule has 1 fully saturated rings. The molecule has 0 aromatic carbocycles. The van der Waals surface area contributed by atoms with Crippen LogP contribution >= 0.6 is 0 Å². The van der Waals surface area contributed by atoms with Gasteiger partial charge < -0.3 is 0 Å². The van der Waals surface area contributed by atoms with Gasteiger partial charge in [0.2, 0.25) is 0 Å². The van der Waals surface area contributed by atoms with E-state index < -0.39 is 0 Å². The third-order valence-corrected chi connectivity index (χ3v) is 1.33. The van der Waals surface area contributed by atoms with Crippen LogP contribution in [-0.2, 0) is 0 Å². The third kappa shape index (κ3) is 5.74. The highest BCUT2D eigenvalue weighted by molar-refractivity contribution is 4.68. The summed E-state index contributed by atoms with van der Waals surface area (Å²) in [7, 11) is 0. The third-order valence-electron chi connectivity index (χ3n) is 1.33. The van der Waals surface area contributed by atoms with Gasteiger partial charge >= 0.3 is 0 Å². The Labute approximate surface area is 52.6 Å². The lowest BCUT2D eigenvalue weighted by Gasteiger charge is -2.05. The first kappa shape index (κ1) is 7.74. The first-order valence-corrected chi connectivity index (χ1v) is 3.49. The molecule has 0 amide bonds. The summed E-state index contributed by atoms with van der Waals surface area (Å²) in [5.41, 5.74) is 0. The summed E-state index contributed by atoms with van der Waals surface area (Å²) >= 11 is 0. The molecule has 1 aliphatic carbocycles. The molecule has 0 saturated heterocycles. The van der Waals surface area contributed by atoms with E-state index in [1.807, 2.05) is 26.0 Å². The van der Waals surface area contributed by atoms with Gasteiger partial charge in [0.25, 0.3) is 0 Å². The molecule has 48 valence electrons. The molecule has 0 aliphatic heterocycles. The van der Waals surface area contributed by atoms with Crippen molar-refractivity contribution < 1.29 is 0 Å². The van der Waals surface area contributed by atoms with Gasteiger partial charge in [0.05, 0.1) is 0 Å². The molecule has 1 rings (SSSR count). The largest absolute Gasteiger partial charge is 0.0919 e. The van der Waals surface area contributed by atoms with Gasteiger partial charge in [-0.2, -0.15) is 0 Å². The lowest BCUT2D eigenvalue weighted by molar-refractivity contribution is 0.504. The zero-order valence-electron chi connectivity index (χ0n) is 5.98. The van der Waals surface area contributed by atoms with Crippen LogP contribution in [-0.4, -0.2) is 0 Å². The van der Waals surface area contributed by atoms with Crippen LogP contribution in [0.25, 0.3) is 0 Å². The van der Waals surface area contributed by atoms with E-state index in [0.29, 0.717) is 0 Å². The maximum absolute atomic E-state index is 2.00. The van der Waals surface area contributed by atoms with E-state index in [1.54, 1.807) is 0 Å². The van der Waals surface area contributed by atoms with Crippen LogP contribution in [0.4, 0.5) is 0 Å². The normalized spacial score (nSPS) is 16.8. The second-order valence-corrected chi connectivity index (χ2v) is 2.08. The molecule has 0 bridgehead atoms. The van der Waals surface area contributed by atoms with Crippen molar-refractivity contribution in [2.75, 3.05) is 0 Å². The van der Waals surface area contributed by atoms with Crippen molar-refractivity contribution in [3.05, 3.63) is 12.2 Å². The molecule has 0 heterocycles. The molecule has 0 aromatic heterocycles. The minimum atomic E-state index is 1.50. The highest BCUT2D eigenvalue weighted by atomic mass is 14.0. The van der Waals surface area contributed by atoms with E-state index in [1.165, 1.54) is 25.7 Å². The fourth-order valence-electron chi connectivity index (χ4n) is 0.250. The Balaban J connectivity index is 0.000000122. The van der Waals surface area contributed by atoms with E-state index in [-0.39, 0.29) is 0 Å². The number of allylic oxidation sites excluding steroid dienone is 2. The van der Waals surface area contributed by atoms with Crippen LogP contribution in [0.3, 0.4) is 0 Å². The SMILES string of the molecule is C/C=C\C.C1CCC1. The molecule has 0 heteroatoms. The molecule has 0 atom stereocenters. The summed E-state index contributed by atoms with van der Waals surface area (Å²) in [6.07, 6.45) is 10.0. The van der Waals surface area contributed by atoms with Gasteiger partial charge in [-0.25, -0.2) is 0 Å². The number of hydrogen-bond acceptors (Lipinski definition) is 0. The average Bonchev–Trinajstić information content (AvgIpc) is 1.61. The summed E-state index contributed by atoms with van der Waals surface area (Å²) in [5, 5.41) is 0. The van der Waals surface area contributed by atoms with Crippen molar-refractivity contribution in [3.63, 3.8) is 0 Å². The minimum absolute atomic E-state index is 1.50. The van der Waals surface area contributed by atoms with Crippen molar-refractivity contribution in [1.82, 2.24) is 0 Å². The molecule has 0 spiro atoms. The fraction of sp³-hybridized carbons (Fsp3) is 0.750. The van der Waals surface area contributed by atoms with Gasteiger partial charge in [0, 0.05) is 0 Å². The summed E-state index contributed by atoms with van der Waals surface area (Å²) in [6.45, 7) is 4.00. The molecular formula is C8H16. The quantitative estimate of drug-likeness (QED) is 0.422. The summed E-state index contributed by atoms with van der Waals surface area (Å²) in [5.74, 6) is 0. The molecule has 8 heavy (non-hydrogen) atoms. The fourth-order valence-corrected chi connectivity index (χ4v) is 0.250. The zero-order chi connectivity index (χ0) is 6.24. The molecule has 0 aromatic rings. The van der Waals surface area contributed by atoms with Crippen LogP contribution in [0, 0.1) is 0 Å². The second kappa shape index (κ2) is 6.74. The monoisotopic (exact) mass is 112 g/mol. The van der Waals surface area contributed by atoms with E-state index >= 15 is 0 Å².